The van der Waals surface area contributed by atoms with E-state index in [1.165, 1.54) is 4.88 Å². The molecule has 4 nitrogen and oxygen atoms in total. The van der Waals surface area contributed by atoms with Crippen LogP contribution in [0.4, 0.5) is 5.82 Å². The van der Waals surface area contributed by atoms with E-state index in [4.69, 9.17) is 11.6 Å². The van der Waals surface area contributed by atoms with E-state index >= 15 is 0 Å². The highest BCUT2D eigenvalue weighted by atomic mass is 32.1. The Balaban J connectivity index is 2.29. The van der Waals surface area contributed by atoms with Gasteiger partial charge in [0.2, 0.25) is 0 Å². The van der Waals surface area contributed by atoms with Gasteiger partial charge < -0.3 is 5.73 Å². The summed E-state index contributed by atoms with van der Waals surface area (Å²) in [5.74, 6) is 6.18. The predicted octanol–water partition coefficient (Wildman–Crippen LogP) is 1.78. The minimum Gasteiger partial charge on any atom is -0.383 e. The summed E-state index contributed by atoms with van der Waals surface area (Å²) in [4.78, 5) is 5.40. The number of rotatable bonds is 4. The summed E-state index contributed by atoms with van der Waals surface area (Å²) in [5.41, 5.74) is 10.8. The van der Waals surface area contributed by atoms with Gasteiger partial charge in [-0.3, -0.25) is 11.3 Å². The fraction of sp³-hybridized carbons (Fsp3) is 0.250. The SMILES string of the molecule is Cc1ccnc(N)c1C(Cc1cccs1)NN. The molecule has 0 saturated heterocycles. The summed E-state index contributed by atoms with van der Waals surface area (Å²) >= 11 is 1.72. The zero-order chi connectivity index (χ0) is 12.3. The van der Waals surface area contributed by atoms with Crippen LogP contribution < -0.4 is 17.0 Å². The van der Waals surface area contributed by atoms with E-state index in [-0.39, 0.29) is 6.04 Å². The average molecular weight is 248 g/mol. The van der Waals surface area contributed by atoms with E-state index in [9.17, 15) is 0 Å². The van der Waals surface area contributed by atoms with Crippen LogP contribution in [0.5, 0.6) is 0 Å². The smallest absolute Gasteiger partial charge is 0.128 e. The molecule has 0 saturated carbocycles. The number of hydrogen-bond acceptors (Lipinski definition) is 5. The number of nitrogens with two attached hydrogens (primary N) is 2. The molecular formula is C12H16N4S. The van der Waals surface area contributed by atoms with Crippen LogP contribution in [0.2, 0.25) is 0 Å². The quantitative estimate of drug-likeness (QED) is 0.569. The Morgan fingerprint density at radius 2 is 2.29 bits per heavy atom. The Morgan fingerprint density at radius 3 is 2.88 bits per heavy atom. The van der Waals surface area contributed by atoms with E-state index in [1.54, 1.807) is 17.5 Å². The van der Waals surface area contributed by atoms with Gasteiger partial charge in [-0.15, -0.1) is 11.3 Å². The highest BCUT2D eigenvalue weighted by Gasteiger charge is 2.17. The molecule has 90 valence electrons. The number of nitrogens with one attached hydrogen (secondary N) is 1. The number of hydrogen-bond donors (Lipinski definition) is 3. The fourth-order valence-corrected chi connectivity index (χ4v) is 2.67. The number of nitrogens with zero attached hydrogens (tertiary/aromatic N) is 1. The van der Waals surface area contributed by atoms with E-state index in [1.807, 2.05) is 19.1 Å². The molecule has 1 unspecified atom stereocenters. The van der Waals surface area contributed by atoms with E-state index < -0.39 is 0 Å². The number of hydrazine groups is 1. The molecule has 2 aromatic heterocycles. The molecule has 0 radical (unpaired) electrons. The summed E-state index contributed by atoms with van der Waals surface area (Å²) in [6.07, 6.45) is 2.54. The molecule has 17 heavy (non-hydrogen) atoms. The summed E-state index contributed by atoms with van der Waals surface area (Å²) in [5, 5.41) is 2.06. The molecule has 2 heterocycles. The molecular weight excluding hydrogens is 232 g/mol. The molecule has 0 amide bonds. The number of pyridine rings is 1. The Hall–Kier alpha value is -1.43. The van der Waals surface area contributed by atoms with Crippen molar-refractivity contribution in [2.75, 3.05) is 5.73 Å². The van der Waals surface area contributed by atoms with Gasteiger partial charge in [-0.05, 0) is 30.0 Å². The van der Waals surface area contributed by atoms with Gasteiger partial charge in [-0.1, -0.05) is 6.07 Å². The summed E-state index contributed by atoms with van der Waals surface area (Å²) in [6.45, 7) is 2.02. The highest BCUT2D eigenvalue weighted by Crippen LogP contribution is 2.26. The fourth-order valence-electron chi connectivity index (χ4n) is 1.92. The standard InChI is InChI=1S/C12H16N4S/c1-8-4-5-15-12(13)11(8)10(16-14)7-9-3-2-6-17-9/h2-6,10,16H,7,14H2,1H3,(H2,13,15). The Morgan fingerprint density at radius 1 is 1.47 bits per heavy atom. The van der Waals surface area contributed by atoms with Crippen LogP contribution in [0.3, 0.4) is 0 Å². The normalized spacial score (nSPS) is 12.6. The van der Waals surface area contributed by atoms with Gasteiger partial charge in [0.1, 0.15) is 5.82 Å². The third kappa shape index (κ3) is 2.63. The van der Waals surface area contributed by atoms with E-state index in [0.717, 1.165) is 17.5 Å². The first-order valence-electron chi connectivity index (χ1n) is 5.42. The Labute approximate surface area is 105 Å². The molecule has 0 aromatic carbocycles. The highest BCUT2D eigenvalue weighted by molar-refractivity contribution is 7.09. The summed E-state index contributed by atoms with van der Waals surface area (Å²) in [6, 6.07) is 6.08. The molecule has 0 bridgehead atoms. The van der Waals surface area contributed by atoms with Crippen LogP contribution in [-0.4, -0.2) is 4.98 Å². The van der Waals surface area contributed by atoms with Crippen molar-refractivity contribution in [1.29, 1.82) is 0 Å². The van der Waals surface area contributed by atoms with Gasteiger partial charge in [0.25, 0.3) is 0 Å². The molecule has 0 aliphatic rings. The summed E-state index contributed by atoms with van der Waals surface area (Å²) < 4.78 is 0. The van der Waals surface area contributed by atoms with Crippen molar-refractivity contribution in [1.82, 2.24) is 10.4 Å². The molecule has 2 rings (SSSR count). The van der Waals surface area contributed by atoms with Crippen molar-refractivity contribution in [2.45, 2.75) is 19.4 Å². The lowest BCUT2D eigenvalue weighted by Crippen LogP contribution is -2.30. The third-order valence-corrected chi connectivity index (χ3v) is 3.67. The lowest BCUT2D eigenvalue weighted by Gasteiger charge is -2.19. The largest absolute Gasteiger partial charge is 0.383 e. The van der Waals surface area contributed by atoms with Crippen molar-refractivity contribution in [2.24, 2.45) is 5.84 Å². The van der Waals surface area contributed by atoms with E-state index in [0.29, 0.717) is 5.82 Å². The van der Waals surface area contributed by atoms with Crippen LogP contribution in [0.1, 0.15) is 22.0 Å². The van der Waals surface area contributed by atoms with Gasteiger partial charge in [0.05, 0.1) is 6.04 Å². The van der Waals surface area contributed by atoms with Crippen LogP contribution in [0.25, 0.3) is 0 Å². The van der Waals surface area contributed by atoms with E-state index in [2.05, 4.69) is 21.9 Å². The lowest BCUT2D eigenvalue weighted by atomic mass is 10.00. The number of aromatic nitrogens is 1. The minimum atomic E-state index is 0.00218. The molecule has 2 aromatic rings. The zero-order valence-corrected chi connectivity index (χ0v) is 10.5. The van der Waals surface area contributed by atoms with Gasteiger partial charge in [-0.25, -0.2) is 4.98 Å². The maximum absolute atomic E-state index is 5.92. The first kappa shape index (κ1) is 12.0. The van der Waals surface area contributed by atoms with Crippen LogP contribution in [0.15, 0.2) is 29.8 Å². The predicted molar refractivity (Wildman–Crippen MR) is 71.5 cm³/mol. The van der Waals surface area contributed by atoms with Gasteiger partial charge >= 0.3 is 0 Å². The molecule has 0 aliphatic heterocycles. The van der Waals surface area contributed by atoms with Crippen LogP contribution in [-0.2, 0) is 6.42 Å². The molecule has 5 N–H and O–H groups in total. The van der Waals surface area contributed by atoms with Gasteiger partial charge in [0, 0.05) is 23.1 Å². The van der Waals surface area contributed by atoms with Crippen LogP contribution >= 0.6 is 11.3 Å². The third-order valence-electron chi connectivity index (χ3n) is 2.77. The van der Waals surface area contributed by atoms with Crippen molar-refractivity contribution < 1.29 is 0 Å². The molecule has 0 spiro atoms. The number of nitrogen functional groups attached to an aromatic ring is 1. The van der Waals surface area contributed by atoms with Crippen LogP contribution in [0, 0.1) is 6.92 Å². The molecule has 0 fully saturated rings. The first-order chi connectivity index (χ1) is 8.22. The van der Waals surface area contributed by atoms with Crippen molar-refractivity contribution in [3.05, 3.63) is 45.8 Å². The van der Waals surface area contributed by atoms with Crippen molar-refractivity contribution in [3.8, 4) is 0 Å². The number of thiophene rings is 1. The molecule has 5 heteroatoms. The van der Waals surface area contributed by atoms with Crippen molar-refractivity contribution in [3.63, 3.8) is 0 Å². The Bertz CT molecular complexity index is 461. The molecule has 1 atom stereocenters. The molecule has 0 aliphatic carbocycles. The second kappa shape index (κ2) is 5.27. The first-order valence-corrected chi connectivity index (χ1v) is 6.30. The average Bonchev–Trinajstić information content (AvgIpc) is 2.80. The second-order valence-electron chi connectivity index (χ2n) is 3.93. The zero-order valence-electron chi connectivity index (χ0n) is 9.68. The second-order valence-corrected chi connectivity index (χ2v) is 4.96. The summed E-state index contributed by atoms with van der Waals surface area (Å²) in [7, 11) is 0. The Kier molecular flexibility index (Phi) is 3.73. The van der Waals surface area contributed by atoms with Crippen molar-refractivity contribution >= 4 is 17.2 Å². The lowest BCUT2D eigenvalue weighted by molar-refractivity contribution is 0.553. The number of anilines is 1. The number of aryl methyl sites for hydroxylation is 1. The maximum Gasteiger partial charge on any atom is 0.128 e. The van der Waals surface area contributed by atoms with Gasteiger partial charge in [0.15, 0.2) is 0 Å². The van der Waals surface area contributed by atoms with Gasteiger partial charge in [-0.2, -0.15) is 0 Å². The topological polar surface area (TPSA) is 77.0 Å². The maximum atomic E-state index is 5.92. The minimum absolute atomic E-state index is 0.00218. The monoisotopic (exact) mass is 248 g/mol.